The normalized spacial score (nSPS) is 28.7. The lowest BCUT2D eigenvalue weighted by molar-refractivity contribution is -0.151. The molecule has 0 amide bonds. The van der Waals surface area contributed by atoms with Crippen LogP contribution in [0.25, 0.3) is 0 Å². The van der Waals surface area contributed by atoms with Crippen LogP contribution in [-0.4, -0.2) is 41.7 Å². The van der Waals surface area contributed by atoms with Crippen LogP contribution in [0.1, 0.15) is 29.2 Å². The molecule has 1 aliphatic carbocycles. The van der Waals surface area contributed by atoms with Gasteiger partial charge in [0, 0.05) is 18.0 Å². The van der Waals surface area contributed by atoms with E-state index in [1.165, 1.54) is 11.3 Å². The molecule has 0 spiro atoms. The summed E-state index contributed by atoms with van der Waals surface area (Å²) < 4.78 is 5.27. The molecule has 1 fully saturated rings. The van der Waals surface area contributed by atoms with Crippen molar-refractivity contribution in [2.75, 3.05) is 24.6 Å². The molecule has 0 radical (unpaired) electrons. The number of carbonyl (C=O) groups is 2. The van der Waals surface area contributed by atoms with Crippen LogP contribution in [0.4, 0.5) is 5.13 Å². The van der Waals surface area contributed by atoms with Crippen molar-refractivity contribution in [1.29, 1.82) is 0 Å². The maximum absolute atomic E-state index is 12.4. The number of anilines is 1. The van der Waals surface area contributed by atoms with Gasteiger partial charge in [-0.25, -0.2) is 9.78 Å². The Morgan fingerprint density at radius 2 is 2.17 bits per heavy atom. The summed E-state index contributed by atoms with van der Waals surface area (Å²) >= 11 is 1.40. The lowest BCUT2D eigenvalue weighted by Gasteiger charge is -2.31. The Bertz CT molecular complexity index is 684. The number of aromatic nitrogens is 1. The first-order valence-electron chi connectivity index (χ1n) is 8.23. The molecule has 0 aromatic carbocycles. The Hall–Kier alpha value is -1.89. The van der Waals surface area contributed by atoms with Crippen molar-refractivity contribution < 1.29 is 19.4 Å². The highest BCUT2D eigenvalue weighted by Gasteiger charge is 2.45. The van der Waals surface area contributed by atoms with Gasteiger partial charge in [0.2, 0.25) is 0 Å². The average molecular weight is 350 g/mol. The van der Waals surface area contributed by atoms with Crippen LogP contribution in [0.2, 0.25) is 0 Å². The zero-order valence-electron chi connectivity index (χ0n) is 14.1. The smallest absolute Gasteiger partial charge is 0.355 e. The van der Waals surface area contributed by atoms with Gasteiger partial charge in [-0.2, -0.15) is 0 Å². The van der Waals surface area contributed by atoms with E-state index in [1.807, 2.05) is 13.8 Å². The zero-order valence-corrected chi connectivity index (χ0v) is 14.9. The second kappa shape index (κ2) is 6.55. The molecular weight excluding hydrogens is 328 g/mol. The highest BCUT2D eigenvalue weighted by Crippen LogP contribution is 2.42. The molecule has 4 atom stereocenters. The maximum atomic E-state index is 12.4. The number of thiazole rings is 1. The van der Waals surface area contributed by atoms with Gasteiger partial charge in [0.05, 0.1) is 12.5 Å². The molecule has 7 heteroatoms. The standard InChI is InChI=1S/C17H22N2O4S/c1-4-23-16(22)13-9(2)5-6-11-7-19(8-12(11)13)17-18-14(15(20)21)10(3)24-17/h5-6,9,11-13H,4,7-8H2,1-3H3,(H,20,21)/t9-,11-,12-,13-/m0/s1. The van der Waals surface area contributed by atoms with E-state index in [2.05, 4.69) is 22.0 Å². The van der Waals surface area contributed by atoms with Crippen LogP contribution in [-0.2, 0) is 9.53 Å². The highest BCUT2D eigenvalue weighted by atomic mass is 32.1. The number of esters is 1. The summed E-state index contributed by atoms with van der Waals surface area (Å²) in [6.07, 6.45) is 4.28. The molecule has 0 unspecified atom stereocenters. The van der Waals surface area contributed by atoms with E-state index < -0.39 is 5.97 Å². The fraction of sp³-hybridized carbons (Fsp3) is 0.588. The van der Waals surface area contributed by atoms with E-state index in [9.17, 15) is 14.7 Å². The summed E-state index contributed by atoms with van der Waals surface area (Å²) in [4.78, 5) is 30.7. The second-order valence-corrected chi connectivity index (χ2v) is 7.64. The number of hydrogen-bond donors (Lipinski definition) is 1. The molecular formula is C17H22N2O4S. The number of allylic oxidation sites excluding steroid dienone is 1. The summed E-state index contributed by atoms with van der Waals surface area (Å²) in [5.41, 5.74) is 0.121. The summed E-state index contributed by atoms with van der Waals surface area (Å²) in [6, 6.07) is 0. The summed E-state index contributed by atoms with van der Waals surface area (Å²) in [7, 11) is 0. The third kappa shape index (κ3) is 2.92. The Morgan fingerprint density at radius 3 is 2.79 bits per heavy atom. The Balaban J connectivity index is 1.82. The fourth-order valence-corrected chi connectivity index (χ4v) is 4.68. The first kappa shape index (κ1) is 17.0. The number of carboxylic acids is 1. The molecule has 3 rings (SSSR count). The predicted molar refractivity (Wildman–Crippen MR) is 91.4 cm³/mol. The first-order valence-corrected chi connectivity index (χ1v) is 9.04. The van der Waals surface area contributed by atoms with E-state index in [4.69, 9.17) is 4.74 Å². The molecule has 130 valence electrons. The van der Waals surface area contributed by atoms with Gasteiger partial charge >= 0.3 is 11.9 Å². The highest BCUT2D eigenvalue weighted by molar-refractivity contribution is 7.15. The van der Waals surface area contributed by atoms with Crippen LogP contribution in [0, 0.1) is 30.6 Å². The topological polar surface area (TPSA) is 79.7 Å². The Labute approximate surface area is 145 Å². The monoisotopic (exact) mass is 350 g/mol. The van der Waals surface area contributed by atoms with Gasteiger partial charge in [-0.05, 0) is 31.6 Å². The minimum Gasteiger partial charge on any atom is -0.476 e. The number of aryl methyl sites for hydroxylation is 1. The lowest BCUT2D eigenvalue weighted by atomic mass is 9.72. The molecule has 1 aromatic rings. The molecule has 1 N–H and O–H groups in total. The van der Waals surface area contributed by atoms with E-state index in [0.29, 0.717) is 18.0 Å². The van der Waals surface area contributed by atoms with E-state index in [1.54, 1.807) is 6.92 Å². The number of carbonyl (C=O) groups excluding carboxylic acids is 1. The van der Waals surface area contributed by atoms with Crippen molar-refractivity contribution in [1.82, 2.24) is 4.98 Å². The van der Waals surface area contributed by atoms with Crippen molar-refractivity contribution in [3.05, 3.63) is 22.7 Å². The van der Waals surface area contributed by atoms with Crippen molar-refractivity contribution in [3.8, 4) is 0 Å². The van der Waals surface area contributed by atoms with Gasteiger partial charge in [0.1, 0.15) is 0 Å². The van der Waals surface area contributed by atoms with Crippen LogP contribution < -0.4 is 4.90 Å². The molecule has 2 heterocycles. The van der Waals surface area contributed by atoms with Gasteiger partial charge in [-0.1, -0.05) is 19.1 Å². The van der Waals surface area contributed by atoms with E-state index in [0.717, 1.165) is 11.7 Å². The van der Waals surface area contributed by atoms with Gasteiger partial charge in [-0.3, -0.25) is 4.79 Å². The van der Waals surface area contributed by atoms with Crippen LogP contribution in [0.3, 0.4) is 0 Å². The molecule has 6 nitrogen and oxygen atoms in total. The SMILES string of the molecule is CCOC(=O)[C@@H]1[C@H]2CN(c3nc(C(=O)O)c(C)s3)C[C@@H]2C=C[C@@H]1C. The Morgan fingerprint density at radius 1 is 1.42 bits per heavy atom. The minimum atomic E-state index is -0.996. The van der Waals surface area contributed by atoms with Gasteiger partial charge < -0.3 is 14.7 Å². The van der Waals surface area contributed by atoms with Gasteiger partial charge in [0.15, 0.2) is 10.8 Å². The number of rotatable bonds is 4. The number of fused-ring (bicyclic) bond motifs is 1. The van der Waals surface area contributed by atoms with Crippen LogP contribution in [0.15, 0.2) is 12.2 Å². The summed E-state index contributed by atoms with van der Waals surface area (Å²) in [5, 5.41) is 9.91. The van der Waals surface area contributed by atoms with Crippen LogP contribution >= 0.6 is 11.3 Å². The molecule has 0 saturated carbocycles. The van der Waals surface area contributed by atoms with Gasteiger partial charge in [0.25, 0.3) is 0 Å². The quantitative estimate of drug-likeness (QED) is 0.664. The minimum absolute atomic E-state index is 0.121. The number of aromatic carboxylic acids is 1. The lowest BCUT2D eigenvalue weighted by Crippen LogP contribution is -2.37. The van der Waals surface area contributed by atoms with Crippen LogP contribution in [0.5, 0.6) is 0 Å². The van der Waals surface area contributed by atoms with Crippen molar-refractivity contribution in [2.24, 2.45) is 23.7 Å². The zero-order chi connectivity index (χ0) is 17.4. The largest absolute Gasteiger partial charge is 0.476 e. The number of hydrogen-bond acceptors (Lipinski definition) is 6. The van der Waals surface area contributed by atoms with Gasteiger partial charge in [-0.15, -0.1) is 11.3 Å². The molecule has 24 heavy (non-hydrogen) atoms. The first-order chi connectivity index (χ1) is 11.4. The number of ether oxygens (including phenoxy) is 1. The molecule has 1 aromatic heterocycles. The van der Waals surface area contributed by atoms with E-state index in [-0.39, 0.29) is 35.3 Å². The summed E-state index contributed by atoms with van der Waals surface area (Å²) in [5.74, 6) is -0.672. The third-order valence-electron chi connectivity index (χ3n) is 4.92. The average Bonchev–Trinajstić information content (AvgIpc) is 3.10. The van der Waals surface area contributed by atoms with E-state index >= 15 is 0 Å². The number of nitrogens with zero attached hydrogens (tertiary/aromatic N) is 2. The molecule has 1 aliphatic heterocycles. The summed E-state index contributed by atoms with van der Waals surface area (Å²) in [6.45, 7) is 7.50. The maximum Gasteiger partial charge on any atom is 0.355 e. The predicted octanol–water partition coefficient (Wildman–Crippen LogP) is 2.59. The fourth-order valence-electron chi connectivity index (χ4n) is 3.77. The molecule has 0 bridgehead atoms. The Kier molecular flexibility index (Phi) is 4.62. The second-order valence-electron chi connectivity index (χ2n) is 6.46. The molecule has 1 saturated heterocycles. The third-order valence-corrected chi connectivity index (χ3v) is 5.95. The molecule has 2 aliphatic rings. The van der Waals surface area contributed by atoms with Crippen molar-refractivity contribution in [3.63, 3.8) is 0 Å². The number of carboxylic acid groups (broad SMARTS) is 1. The van der Waals surface area contributed by atoms with Crippen molar-refractivity contribution in [2.45, 2.75) is 20.8 Å². The van der Waals surface area contributed by atoms with Crippen molar-refractivity contribution >= 4 is 28.4 Å².